The summed E-state index contributed by atoms with van der Waals surface area (Å²) in [6.07, 6.45) is 0.560. The summed E-state index contributed by atoms with van der Waals surface area (Å²) in [4.78, 5) is 10.9. The summed E-state index contributed by atoms with van der Waals surface area (Å²) in [5.41, 5.74) is 5.31. The van der Waals surface area contributed by atoms with Crippen LogP contribution in [0.1, 0.15) is 116 Å². The molecule has 0 radical (unpaired) electrons. The largest absolute Gasteiger partial charge is 0.584 e. The summed E-state index contributed by atoms with van der Waals surface area (Å²) in [7, 11) is -4.43. The van der Waals surface area contributed by atoms with Gasteiger partial charge in [-0.25, -0.2) is 4.57 Å². The molecule has 0 saturated heterocycles. The summed E-state index contributed by atoms with van der Waals surface area (Å²) in [6.45, 7) is 25.7. The van der Waals surface area contributed by atoms with Crippen LogP contribution in [0.2, 0.25) is 0 Å². The van der Waals surface area contributed by atoms with Crippen LogP contribution in [-0.2, 0) is 52.1 Å². The van der Waals surface area contributed by atoms with Gasteiger partial charge in [-0.3, -0.25) is 4.89 Å². The maximum absolute atomic E-state index is 13.4. The SMILES string of the molecule is CC(C)(C)c1cc2c(c(C(C)(C)C)c1)OP(=O)(O)Oc1c(cc(C(C)(C)C)cc1C(C)(C)C)C2.[Zn]. The van der Waals surface area contributed by atoms with E-state index in [1.54, 1.807) is 0 Å². The minimum Gasteiger partial charge on any atom is -0.395 e. The van der Waals surface area contributed by atoms with E-state index in [2.05, 4.69) is 107 Å². The van der Waals surface area contributed by atoms with Gasteiger partial charge in [0.15, 0.2) is 0 Å². The summed E-state index contributed by atoms with van der Waals surface area (Å²) in [6, 6.07) is 8.52. The predicted molar refractivity (Wildman–Crippen MR) is 142 cm³/mol. The molecule has 1 N–H and O–H groups in total. The topological polar surface area (TPSA) is 55.8 Å². The monoisotopic (exact) mass is 550 g/mol. The van der Waals surface area contributed by atoms with Crippen molar-refractivity contribution in [1.29, 1.82) is 0 Å². The molecule has 2 aromatic carbocycles. The minimum atomic E-state index is -4.43. The van der Waals surface area contributed by atoms with Crippen LogP contribution in [0.3, 0.4) is 0 Å². The Morgan fingerprint density at radius 2 is 0.943 bits per heavy atom. The van der Waals surface area contributed by atoms with Gasteiger partial charge in [0.05, 0.1) is 0 Å². The summed E-state index contributed by atoms with van der Waals surface area (Å²) in [5.74, 6) is 0.936. The van der Waals surface area contributed by atoms with E-state index in [1.807, 2.05) is 0 Å². The van der Waals surface area contributed by atoms with Gasteiger partial charge in [0.1, 0.15) is 11.5 Å². The molecule has 0 saturated carbocycles. The summed E-state index contributed by atoms with van der Waals surface area (Å²) >= 11 is 0. The van der Waals surface area contributed by atoms with E-state index >= 15 is 0 Å². The molecule has 0 spiro atoms. The van der Waals surface area contributed by atoms with E-state index in [0.717, 1.165) is 22.3 Å². The molecule has 1 aliphatic rings. The van der Waals surface area contributed by atoms with E-state index < -0.39 is 7.82 Å². The molecule has 0 amide bonds. The molecule has 4 nitrogen and oxygen atoms in total. The average Bonchev–Trinajstić information content (AvgIpc) is 2.58. The standard InChI is InChI=1S/C29H43O4P.Zn/c1-26(2,3)20-14-18-13-19-15-21(27(4,5)6)17-23(29(10,11)12)25(19)33-34(30,31)32-24(18)22(16-20)28(7,8)9;/h14-17H,13H2,1-12H3,(H,30,31);. The average molecular weight is 552 g/mol. The fourth-order valence-electron chi connectivity index (χ4n) is 4.29. The molecular formula is C29H43O4PZn. The molecule has 2 aromatic rings. The third-order valence-corrected chi connectivity index (χ3v) is 7.30. The Hall–Kier alpha value is -1.15. The van der Waals surface area contributed by atoms with Gasteiger partial charge < -0.3 is 9.05 Å². The zero-order valence-electron chi connectivity index (χ0n) is 23.8. The molecule has 6 heteroatoms. The fraction of sp³-hybridized carbons (Fsp3) is 0.586. The van der Waals surface area contributed by atoms with Crippen LogP contribution in [0.5, 0.6) is 11.5 Å². The third kappa shape index (κ3) is 6.60. The van der Waals surface area contributed by atoms with Crippen LogP contribution in [0.25, 0.3) is 0 Å². The number of benzene rings is 2. The van der Waals surface area contributed by atoms with Crippen molar-refractivity contribution in [2.75, 3.05) is 0 Å². The van der Waals surface area contributed by atoms with Crippen molar-refractivity contribution >= 4 is 7.82 Å². The van der Waals surface area contributed by atoms with Gasteiger partial charge in [-0.15, -0.1) is 0 Å². The van der Waals surface area contributed by atoms with Gasteiger partial charge in [-0.2, -0.15) is 0 Å². The Morgan fingerprint density at radius 3 is 1.20 bits per heavy atom. The number of phosphoric acid groups is 1. The second kappa shape index (κ2) is 9.30. The molecule has 0 bridgehead atoms. The molecular weight excluding hydrogens is 509 g/mol. The van der Waals surface area contributed by atoms with Crippen LogP contribution in [-0.4, -0.2) is 4.89 Å². The van der Waals surface area contributed by atoms with Crippen molar-refractivity contribution in [2.24, 2.45) is 0 Å². The first kappa shape index (κ1) is 30.1. The Morgan fingerprint density at radius 1 is 0.629 bits per heavy atom. The van der Waals surface area contributed by atoms with Gasteiger partial charge in [0, 0.05) is 37.0 Å². The number of hydrogen-bond acceptors (Lipinski definition) is 3. The first-order valence-electron chi connectivity index (χ1n) is 12.2. The molecule has 1 aliphatic heterocycles. The molecule has 3 rings (SSSR count). The number of fused-ring (bicyclic) bond motifs is 2. The normalized spacial score (nSPS) is 16.0. The predicted octanol–water partition coefficient (Wildman–Crippen LogP) is 8.34. The second-order valence-corrected chi connectivity index (χ2v) is 15.2. The van der Waals surface area contributed by atoms with Crippen molar-refractivity contribution < 1.29 is 38.0 Å². The smallest absolute Gasteiger partial charge is 0.395 e. The van der Waals surface area contributed by atoms with E-state index in [1.165, 1.54) is 11.1 Å². The Bertz CT molecular complexity index is 1070. The van der Waals surface area contributed by atoms with Crippen molar-refractivity contribution in [1.82, 2.24) is 0 Å². The van der Waals surface area contributed by atoms with Crippen molar-refractivity contribution in [3.05, 3.63) is 57.6 Å². The molecule has 35 heavy (non-hydrogen) atoms. The zero-order chi connectivity index (χ0) is 26.1. The zero-order valence-corrected chi connectivity index (χ0v) is 27.7. The van der Waals surface area contributed by atoms with Gasteiger partial charge in [0.25, 0.3) is 0 Å². The number of rotatable bonds is 0. The van der Waals surface area contributed by atoms with Gasteiger partial charge in [-0.1, -0.05) is 107 Å². The van der Waals surface area contributed by atoms with Crippen LogP contribution in [0.15, 0.2) is 24.3 Å². The third-order valence-electron chi connectivity index (χ3n) is 6.47. The van der Waals surface area contributed by atoms with Crippen molar-refractivity contribution in [2.45, 2.75) is 111 Å². The van der Waals surface area contributed by atoms with Crippen LogP contribution in [0.4, 0.5) is 0 Å². The van der Waals surface area contributed by atoms with Crippen molar-refractivity contribution in [3.8, 4) is 11.5 Å². The van der Waals surface area contributed by atoms with Crippen molar-refractivity contribution in [3.63, 3.8) is 0 Å². The second-order valence-electron chi connectivity index (χ2n) is 13.9. The molecule has 0 aromatic heterocycles. The van der Waals surface area contributed by atoms with E-state index in [4.69, 9.17) is 9.05 Å². The summed E-state index contributed by atoms with van der Waals surface area (Å²) in [5, 5.41) is 0. The Kier molecular flexibility index (Phi) is 8.00. The first-order chi connectivity index (χ1) is 15.1. The van der Waals surface area contributed by atoms with Crippen LogP contribution < -0.4 is 9.05 Å². The molecule has 0 atom stereocenters. The molecule has 0 fully saturated rings. The Balaban J connectivity index is 0.00000432. The van der Waals surface area contributed by atoms with Gasteiger partial charge in [0.2, 0.25) is 0 Å². The van der Waals surface area contributed by atoms with Crippen LogP contribution >= 0.6 is 7.82 Å². The Labute approximate surface area is 225 Å². The molecule has 1 heterocycles. The van der Waals surface area contributed by atoms with E-state index in [-0.39, 0.29) is 41.1 Å². The molecule has 0 aliphatic carbocycles. The maximum atomic E-state index is 13.4. The number of hydrogen-bond donors (Lipinski definition) is 1. The van der Waals surface area contributed by atoms with Gasteiger partial charge >= 0.3 is 7.82 Å². The summed E-state index contributed by atoms with van der Waals surface area (Å²) < 4.78 is 25.1. The fourth-order valence-corrected chi connectivity index (χ4v) is 5.22. The van der Waals surface area contributed by atoms with E-state index in [9.17, 15) is 9.46 Å². The molecule has 0 unspecified atom stereocenters. The minimum absolute atomic E-state index is 0. The van der Waals surface area contributed by atoms with Gasteiger partial charge in [-0.05, 0) is 43.9 Å². The quantitative estimate of drug-likeness (QED) is 0.264. The number of phosphoric ester groups is 1. The maximum Gasteiger partial charge on any atom is 0.584 e. The molecule has 190 valence electrons. The van der Waals surface area contributed by atoms with Crippen LogP contribution in [0, 0.1) is 0 Å². The van der Waals surface area contributed by atoms with E-state index in [0.29, 0.717) is 17.9 Å². The first-order valence-corrected chi connectivity index (χ1v) is 13.7.